The molecule has 0 aliphatic rings. The number of benzene rings is 3. The number of rotatable bonds is 8. The van der Waals surface area contributed by atoms with E-state index in [0.29, 0.717) is 19.3 Å². The number of nitrogens with one attached hydrogen (secondary N) is 1. The number of alkyl carbamates (subject to hydrolysis) is 1. The monoisotopic (exact) mass is 598 g/mol. The molecule has 0 saturated heterocycles. The van der Waals surface area contributed by atoms with Crippen molar-refractivity contribution in [3.63, 3.8) is 0 Å². The molecule has 0 bridgehead atoms. The van der Waals surface area contributed by atoms with Crippen LogP contribution < -0.4 is 27.1 Å². The molecule has 10 nitrogen and oxygen atoms in total. The summed E-state index contributed by atoms with van der Waals surface area (Å²) in [6.07, 6.45) is -2.66. The number of amides is 1. The highest BCUT2D eigenvalue weighted by Gasteiger charge is 2.28. The van der Waals surface area contributed by atoms with Gasteiger partial charge in [-0.15, -0.1) is 0 Å². The van der Waals surface area contributed by atoms with Gasteiger partial charge in [0, 0.05) is 12.0 Å². The normalized spacial score (nSPS) is 12.1. The molecule has 0 radical (unpaired) electrons. The predicted octanol–water partition coefficient (Wildman–Crippen LogP) is 3.90. The number of aromatic nitrogens is 3. The van der Waals surface area contributed by atoms with Gasteiger partial charge in [-0.3, -0.25) is 0 Å². The molecule has 1 atom stereocenters. The maximum Gasteiger partial charge on any atom is 0.409 e. The highest BCUT2D eigenvalue weighted by molar-refractivity contribution is 5.67. The van der Waals surface area contributed by atoms with Gasteiger partial charge in [0.25, 0.3) is 0 Å². The van der Waals surface area contributed by atoms with Crippen LogP contribution in [0, 0.1) is 17.5 Å². The maximum atomic E-state index is 15.5. The summed E-state index contributed by atoms with van der Waals surface area (Å²) in [5.41, 5.74) is -5.66. The minimum absolute atomic E-state index is 0.165. The van der Waals surface area contributed by atoms with Crippen molar-refractivity contribution in [2.45, 2.75) is 45.5 Å². The molecular weight excluding hydrogens is 569 g/mol. The van der Waals surface area contributed by atoms with Crippen molar-refractivity contribution in [3.8, 4) is 11.4 Å². The number of hydrogen-bond acceptors (Lipinski definition) is 6. The first-order valence-corrected chi connectivity index (χ1v) is 13.1. The van der Waals surface area contributed by atoms with Gasteiger partial charge in [-0.25, -0.2) is 46.1 Å². The predicted molar refractivity (Wildman–Crippen MR) is 151 cm³/mol. The minimum atomic E-state index is -1.49. The van der Waals surface area contributed by atoms with Gasteiger partial charge in [0.15, 0.2) is 11.6 Å². The van der Waals surface area contributed by atoms with Crippen molar-refractivity contribution in [2.24, 2.45) is 0 Å². The third-order valence-corrected chi connectivity index (χ3v) is 6.31. The number of methoxy groups -OCH3 is 1. The van der Waals surface area contributed by atoms with Crippen LogP contribution in [0.4, 0.5) is 18.0 Å². The third kappa shape index (κ3) is 6.71. The van der Waals surface area contributed by atoms with Crippen LogP contribution in [0.25, 0.3) is 5.69 Å². The first-order chi connectivity index (χ1) is 20.3. The third-order valence-electron chi connectivity index (χ3n) is 6.31. The fourth-order valence-electron chi connectivity index (χ4n) is 4.37. The Labute approximate surface area is 243 Å². The van der Waals surface area contributed by atoms with E-state index in [0.717, 1.165) is 24.3 Å². The quantitative estimate of drug-likeness (QED) is 0.329. The lowest BCUT2D eigenvalue weighted by Gasteiger charge is -2.25. The smallest absolute Gasteiger partial charge is 0.409 e. The molecule has 43 heavy (non-hydrogen) atoms. The SMILES string of the molecule is COc1cccc(-n2c(=O)n(Cc3c(F)cccc3F)c(=O)n([C@H](Cc3ccccc3)NC(=O)OC(C)(C)C)c2=O)c1F. The Balaban J connectivity index is 2.04. The van der Waals surface area contributed by atoms with E-state index in [1.165, 1.54) is 19.2 Å². The molecule has 4 aromatic rings. The van der Waals surface area contributed by atoms with Gasteiger partial charge in [0.05, 0.1) is 19.3 Å². The molecule has 4 rings (SSSR count). The number of carbonyl (C=O) groups excluding carboxylic acids is 1. The molecule has 1 heterocycles. The van der Waals surface area contributed by atoms with Crippen molar-refractivity contribution in [1.82, 2.24) is 19.0 Å². The summed E-state index contributed by atoms with van der Waals surface area (Å²) in [5.74, 6) is -3.55. The zero-order valence-corrected chi connectivity index (χ0v) is 23.8. The van der Waals surface area contributed by atoms with Crippen molar-refractivity contribution >= 4 is 6.09 Å². The highest BCUT2D eigenvalue weighted by Crippen LogP contribution is 2.22. The number of halogens is 3. The molecule has 0 aliphatic carbocycles. The lowest BCUT2D eigenvalue weighted by molar-refractivity contribution is 0.0476. The van der Waals surface area contributed by atoms with Crippen LogP contribution in [0.2, 0.25) is 0 Å². The van der Waals surface area contributed by atoms with E-state index >= 15 is 4.39 Å². The van der Waals surface area contributed by atoms with E-state index in [1.807, 2.05) is 0 Å². The van der Waals surface area contributed by atoms with Crippen LogP contribution in [-0.2, 0) is 17.7 Å². The van der Waals surface area contributed by atoms with Gasteiger partial charge in [0.2, 0.25) is 0 Å². The second-order valence-corrected chi connectivity index (χ2v) is 10.5. The molecule has 1 amide bonds. The van der Waals surface area contributed by atoms with Crippen LogP contribution in [-0.4, -0.2) is 32.5 Å². The van der Waals surface area contributed by atoms with E-state index in [2.05, 4.69) is 5.32 Å². The Morgan fingerprint density at radius 1 is 0.860 bits per heavy atom. The molecule has 3 aromatic carbocycles. The maximum absolute atomic E-state index is 15.5. The zero-order valence-electron chi connectivity index (χ0n) is 23.8. The molecular formula is C30H29F3N4O6. The summed E-state index contributed by atoms with van der Waals surface area (Å²) in [6.45, 7) is 3.86. The van der Waals surface area contributed by atoms with Gasteiger partial charge < -0.3 is 14.8 Å². The second kappa shape index (κ2) is 12.4. The van der Waals surface area contributed by atoms with Gasteiger partial charge in [-0.05, 0) is 50.6 Å². The topological polar surface area (TPSA) is 114 Å². The molecule has 0 saturated carbocycles. The minimum Gasteiger partial charge on any atom is -0.494 e. The average Bonchev–Trinajstić information content (AvgIpc) is 2.93. The fraction of sp³-hybridized carbons (Fsp3) is 0.267. The van der Waals surface area contributed by atoms with Crippen LogP contribution in [0.3, 0.4) is 0 Å². The standard InChI is InChI=1S/C30H29F3N4O6/c1-30(2,3)43-26(38)34-24(16-18-10-6-5-7-11-18)37-28(40)35(17-19-20(31)12-8-13-21(19)32)27(39)36(29(37)41)22-14-9-15-23(42-4)25(22)33/h5-15,24H,16-17H2,1-4H3,(H,34,38)/t24-/m1/s1. The molecule has 1 aromatic heterocycles. The lowest BCUT2D eigenvalue weighted by atomic mass is 10.1. The van der Waals surface area contributed by atoms with Gasteiger partial charge >= 0.3 is 23.2 Å². The van der Waals surface area contributed by atoms with Gasteiger partial charge in [-0.2, -0.15) is 0 Å². The summed E-state index contributed by atoms with van der Waals surface area (Å²) in [5, 5.41) is 2.48. The van der Waals surface area contributed by atoms with Crippen molar-refractivity contribution in [1.29, 1.82) is 0 Å². The summed E-state index contributed by atoms with van der Waals surface area (Å²) >= 11 is 0. The zero-order chi connectivity index (χ0) is 31.5. The Morgan fingerprint density at radius 3 is 2.09 bits per heavy atom. The Kier molecular flexibility index (Phi) is 8.93. The summed E-state index contributed by atoms with van der Waals surface area (Å²) in [4.78, 5) is 54.4. The Morgan fingerprint density at radius 2 is 1.49 bits per heavy atom. The first-order valence-electron chi connectivity index (χ1n) is 13.1. The lowest BCUT2D eigenvalue weighted by Crippen LogP contribution is -2.58. The number of ether oxygens (including phenoxy) is 2. The molecule has 0 fully saturated rings. The van der Waals surface area contributed by atoms with E-state index in [-0.39, 0.29) is 12.2 Å². The summed E-state index contributed by atoms with van der Waals surface area (Å²) < 4.78 is 56.3. The highest BCUT2D eigenvalue weighted by atomic mass is 19.1. The van der Waals surface area contributed by atoms with Gasteiger partial charge in [0.1, 0.15) is 23.4 Å². The largest absolute Gasteiger partial charge is 0.494 e. The average molecular weight is 599 g/mol. The number of carbonyl (C=O) groups is 1. The van der Waals surface area contributed by atoms with E-state index < -0.39 is 70.2 Å². The Hall–Kier alpha value is -5.07. The van der Waals surface area contributed by atoms with E-state index in [4.69, 9.17) is 9.47 Å². The van der Waals surface area contributed by atoms with Gasteiger partial charge in [-0.1, -0.05) is 42.5 Å². The van der Waals surface area contributed by atoms with E-state index in [9.17, 15) is 28.0 Å². The van der Waals surface area contributed by atoms with E-state index in [1.54, 1.807) is 51.1 Å². The van der Waals surface area contributed by atoms with Crippen LogP contribution in [0.5, 0.6) is 5.75 Å². The summed E-state index contributed by atoms with van der Waals surface area (Å²) in [7, 11) is 1.17. The van der Waals surface area contributed by atoms with Crippen LogP contribution in [0.15, 0.2) is 81.1 Å². The number of nitrogens with zero attached hydrogens (tertiary/aromatic N) is 3. The fourth-order valence-corrected chi connectivity index (χ4v) is 4.37. The molecule has 226 valence electrons. The van der Waals surface area contributed by atoms with Crippen LogP contribution in [0.1, 0.15) is 38.1 Å². The van der Waals surface area contributed by atoms with Crippen LogP contribution >= 0.6 is 0 Å². The Bertz CT molecular complexity index is 1810. The molecule has 0 spiro atoms. The second-order valence-electron chi connectivity index (χ2n) is 10.5. The van der Waals surface area contributed by atoms with Crippen molar-refractivity contribution < 1.29 is 27.4 Å². The molecule has 1 N–H and O–H groups in total. The summed E-state index contributed by atoms with van der Waals surface area (Å²) in [6, 6.07) is 15.1. The molecule has 0 aliphatic heterocycles. The van der Waals surface area contributed by atoms with Crippen molar-refractivity contribution in [2.75, 3.05) is 7.11 Å². The first kappa shape index (κ1) is 30.9. The molecule has 13 heteroatoms. The number of hydrogen-bond donors (Lipinski definition) is 1. The van der Waals surface area contributed by atoms with Crippen molar-refractivity contribution in [3.05, 3.63) is 127 Å². The molecule has 0 unspecified atom stereocenters.